The molecule has 1 aromatic rings. The maximum absolute atomic E-state index is 11.3. The molecule has 0 spiro atoms. The minimum Gasteiger partial charge on any atom is -0.480 e. The van der Waals surface area contributed by atoms with Crippen LogP contribution >= 0.6 is 11.6 Å². The van der Waals surface area contributed by atoms with E-state index in [0.29, 0.717) is 11.4 Å². The summed E-state index contributed by atoms with van der Waals surface area (Å²) in [6, 6.07) is 3.24. The molecular weight excluding hydrogens is 228 g/mol. The van der Waals surface area contributed by atoms with Crippen LogP contribution in [0.25, 0.3) is 0 Å². The van der Waals surface area contributed by atoms with Crippen LogP contribution in [0.15, 0.2) is 18.3 Å². The molecule has 1 unspecified atom stereocenters. The predicted octanol–water partition coefficient (Wildman–Crippen LogP) is 2.16. The van der Waals surface area contributed by atoms with Gasteiger partial charge in [-0.15, -0.1) is 0 Å². The highest BCUT2D eigenvalue weighted by molar-refractivity contribution is 6.31. The topological polar surface area (TPSA) is 76.2 Å². The molecule has 1 heterocycles. The maximum Gasteiger partial charge on any atom is 0.330 e. The first-order valence-electron chi connectivity index (χ1n) is 5.15. The number of carbonyl (C=O) groups is 1. The minimum absolute atomic E-state index is 0.234. The average molecular weight is 243 g/mol. The zero-order valence-electron chi connectivity index (χ0n) is 9.11. The van der Waals surface area contributed by atoms with Crippen LogP contribution in [0.4, 0.5) is 0 Å². The van der Waals surface area contributed by atoms with E-state index in [4.69, 9.17) is 17.3 Å². The van der Waals surface area contributed by atoms with E-state index < -0.39 is 11.5 Å². The third-order valence-corrected chi connectivity index (χ3v) is 2.79. The number of halogens is 1. The summed E-state index contributed by atoms with van der Waals surface area (Å²) in [4.78, 5) is 15.2. The molecule has 88 valence electrons. The molecule has 16 heavy (non-hydrogen) atoms. The summed E-state index contributed by atoms with van der Waals surface area (Å²) in [6.45, 7) is 1.97. The summed E-state index contributed by atoms with van der Waals surface area (Å²) >= 11 is 5.93. The molecule has 1 atom stereocenters. The van der Waals surface area contributed by atoms with Gasteiger partial charge in [0.25, 0.3) is 0 Å². The number of aliphatic carboxylic acids is 1. The van der Waals surface area contributed by atoms with Gasteiger partial charge in [-0.05, 0) is 18.6 Å². The number of hydrogen-bond acceptors (Lipinski definition) is 3. The third-order valence-electron chi connectivity index (χ3n) is 2.49. The standard InChI is InChI=1S/C11H15ClN2O2/c1-2-3-6-11(13,10(15)16)9-8(12)5-4-7-14-9/h4-5,7H,2-3,6,13H2,1H3,(H,15,16). The Kier molecular flexibility index (Phi) is 4.26. The van der Waals surface area contributed by atoms with E-state index in [-0.39, 0.29) is 5.69 Å². The van der Waals surface area contributed by atoms with E-state index in [0.717, 1.165) is 12.8 Å². The van der Waals surface area contributed by atoms with Gasteiger partial charge in [0, 0.05) is 6.20 Å². The predicted molar refractivity (Wildman–Crippen MR) is 62.3 cm³/mol. The quantitative estimate of drug-likeness (QED) is 0.830. The number of pyridine rings is 1. The fraction of sp³-hybridized carbons (Fsp3) is 0.455. The van der Waals surface area contributed by atoms with Crippen molar-refractivity contribution in [3.63, 3.8) is 0 Å². The number of carboxylic acid groups (broad SMARTS) is 1. The van der Waals surface area contributed by atoms with Crippen molar-refractivity contribution >= 4 is 17.6 Å². The number of nitrogens with zero attached hydrogens (tertiary/aromatic N) is 1. The highest BCUT2D eigenvalue weighted by atomic mass is 35.5. The van der Waals surface area contributed by atoms with Crippen LogP contribution in [0.5, 0.6) is 0 Å². The van der Waals surface area contributed by atoms with Crippen molar-refractivity contribution in [2.75, 3.05) is 0 Å². The number of rotatable bonds is 5. The molecule has 3 N–H and O–H groups in total. The molecule has 0 radical (unpaired) electrons. The van der Waals surface area contributed by atoms with E-state index in [2.05, 4.69) is 4.98 Å². The Morgan fingerprint density at radius 1 is 1.69 bits per heavy atom. The van der Waals surface area contributed by atoms with E-state index in [9.17, 15) is 9.90 Å². The molecule has 0 fully saturated rings. The average Bonchev–Trinajstić information content (AvgIpc) is 2.26. The van der Waals surface area contributed by atoms with Crippen LogP contribution < -0.4 is 5.73 Å². The minimum atomic E-state index is -1.49. The molecule has 0 amide bonds. The van der Waals surface area contributed by atoms with Gasteiger partial charge in [-0.1, -0.05) is 31.4 Å². The Bertz CT molecular complexity index is 384. The summed E-state index contributed by atoms with van der Waals surface area (Å²) in [6.07, 6.45) is 3.42. The van der Waals surface area contributed by atoms with Gasteiger partial charge in [0.15, 0.2) is 5.54 Å². The van der Waals surface area contributed by atoms with Gasteiger partial charge in [0.1, 0.15) is 0 Å². The second kappa shape index (κ2) is 5.27. The fourth-order valence-electron chi connectivity index (χ4n) is 1.50. The van der Waals surface area contributed by atoms with Crippen LogP contribution in [0.1, 0.15) is 31.9 Å². The van der Waals surface area contributed by atoms with Gasteiger partial charge in [-0.3, -0.25) is 4.98 Å². The van der Waals surface area contributed by atoms with E-state index in [1.54, 1.807) is 12.1 Å². The van der Waals surface area contributed by atoms with Crippen LogP contribution in [0.3, 0.4) is 0 Å². The molecule has 5 heteroatoms. The van der Waals surface area contributed by atoms with Crippen LogP contribution in [-0.4, -0.2) is 16.1 Å². The van der Waals surface area contributed by atoms with Crippen LogP contribution in [-0.2, 0) is 10.3 Å². The van der Waals surface area contributed by atoms with Gasteiger partial charge in [-0.2, -0.15) is 0 Å². The lowest BCUT2D eigenvalue weighted by Gasteiger charge is -2.24. The third kappa shape index (κ3) is 2.51. The van der Waals surface area contributed by atoms with Crippen molar-refractivity contribution in [1.82, 2.24) is 4.98 Å². The van der Waals surface area contributed by atoms with Crippen molar-refractivity contribution in [3.8, 4) is 0 Å². The Morgan fingerprint density at radius 3 is 2.88 bits per heavy atom. The van der Waals surface area contributed by atoms with Crippen molar-refractivity contribution in [2.45, 2.75) is 31.7 Å². The number of unbranched alkanes of at least 4 members (excludes halogenated alkanes) is 1. The monoisotopic (exact) mass is 242 g/mol. The largest absolute Gasteiger partial charge is 0.480 e. The summed E-state index contributed by atoms with van der Waals surface area (Å²) in [7, 11) is 0. The Hall–Kier alpha value is -1.13. The first-order chi connectivity index (χ1) is 7.52. The second-order valence-electron chi connectivity index (χ2n) is 3.71. The normalized spacial score (nSPS) is 14.4. The summed E-state index contributed by atoms with van der Waals surface area (Å²) in [5.74, 6) is -1.10. The van der Waals surface area contributed by atoms with Gasteiger partial charge < -0.3 is 10.8 Å². The van der Waals surface area contributed by atoms with E-state index in [1.807, 2.05) is 6.92 Å². The zero-order chi connectivity index (χ0) is 12.2. The second-order valence-corrected chi connectivity index (χ2v) is 4.12. The highest BCUT2D eigenvalue weighted by Gasteiger charge is 2.38. The molecule has 0 aliphatic rings. The smallest absolute Gasteiger partial charge is 0.330 e. The zero-order valence-corrected chi connectivity index (χ0v) is 9.87. The van der Waals surface area contributed by atoms with Crippen molar-refractivity contribution in [2.24, 2.45) is 5.73 Å². The highest BCUT2D eigenvalue weighted by Crippen LogP contribution is 2.28. The lowest BCUT2D eigenvalue weighted by atomic mass is 9.89. The molecule has 1 rings (SSSR count). The number of aromatic nitrogens is 1. The molecular formula is C11H15ClN2O2. The molecule has 0 aromatic carbocycles. The Morgan fingerprint density at radius 2 is 2.38 bits per heavy atom. The summed E-state index contributed by atoms with van der Waals surface area (Å²) in [5, 5.41) is 9.51. The molecule has 0 bridgehead atoms. The Labute approximate surface area is 99.4 Å². The molecule has 0 aliphatic carbocycles. The van der Waals surface area contributed by atoms with Gasteiger partial charge >= 0.3 is 5.97 Å². The van der Waals surface area contributed by atoms with Crippen molar-refractivity contribution < 1.29 is 9.90 Å². The van der Waals surface area contributed by atoms with Gasteiger partial charge in [0.2, 0.25) is 0 Å². The van der Waals surface area contributed by atoms with Gasteiger partial charge in [-0.25, -0.2) is 4.79 Å². The summed E-state index contributed by atoms with van der Waals surface area (Å²) in [5.41, 5.74) is 4.64. The fourth-order valence-corrected chi connectivity index (χ4v) is 1.79. The first kappa shape index (κ1) is 12.9. The summed E-state index contributed by atoms with van der Waals surface area (Å²) < 4.78 is 0. The molecule has 0 saturated carbocycles. The lowest BCUT2D eigenvalue weighted by molar-refractivity contribution is -0.144. The number of hydrogen-bond donors (Lipinski definition) is 2. The SMILES string of the molecule is CCCCC(N)(C(=O)O)c1ncccc1Cl. The molecule has 1 aromatic heterocycles. The molecule has 0 saturated heterocycles. The molecule has 4 nitrogen and oxygen atoms in total. The molecule has 0 aliphatic heterocycles. The van der Waals surface area contributed by atoms with Gasteiger partial charge in [0.05, 0.1) is 10.7 Å². The van der Waals surface area contributed by atoms with Crippen molar-refractivity contribution in [3.05, 3.63) is 29.0 Å². The first-order valence-corrected chi connectivity index (χ1v) is 5.53. The maximum atomic E-state index is 11.3. The number of nitrogens with two attached hydrogens (primary N) is 1. The van der Waals surface area contributed by atoms with Crippen LogP contribution in [0.2, 0.25) is 5.02 Å². The number of carboxylic acids is 1. The lowest BCUT2D eigenvalue weighted by Crippen LogP contribution is -2.45. The van der Waals surface area contributed by atoms with E-state index in [1.165, 1.54) is 6.20 Å². The van der Waals surface area contributed by atoms with E-state index >= 15 is 0 Å². The van der Waals surface area contributed by atoms with Crippen LogP contribution in [0, 0.1) is 0 Å². The Balaban J connectivity index is 3.11. The van der Waals surface area contributed by atoms with Crippen molar-refractivity contribution in [1.29, 1.82) is 0 Å².